The first-order valence-electron chi connectivity index (χ1n) is 12.1. The highest BCUT2D eigenvalue weighted by Crippen LogP contribution is 2.42. The van der Waals surface area contributed by atoms with Gasteiger partial charge in [0, 0.05) is 24.2 Å². The summed E-state index contributed by atoms with van der Waals surface area (Å²) in [6.45, 7) is 0. The number of fused-ring (bicyclic) bond motifs is 3. The fourth-order valence-corrected chi connectivity index (χ4v) is 6.58. The summed E-state index contributed by atoms with van der Waals surface area (Å²) in [6, 6.07) is 9.03. The molecule has 3 aliphatic rings. The number of hydrogen-bond donors (Lipinski definition) is 0. The van der Waals surface area contributed by atoms with E-state index in [4.69, 9.17) is 0 Å². The van der Waals surface area contributed by atoms with Crippen LogP contribution in [-0.2, 0) is 0 Å². The molecule has 1 aromatic heterocycles. The smallest absolute Gasteiger partial charge is 0.279 e. The fourth-order valence-electron chi connectivity index (χ4n) is 6.58. The van der Waals surface area contributed by atoms with Crippen LogP contribution in [0.15, 0.2) is 29.1 Å². The molecule has 0 amide bonds. The number of hydrogen-bond acceptors (Lipinski definition) is 5. The SMILES string of the molecule is O=C([O-])c1nc2ccccc2n(C2C[C@H]3CCC[C@@H](C2)N3C2CCCCCCC2)c1=O. The Hall–Kier alpha value is -2.21. The average molecular weight is 423 g/mol. The van der Waals surface area contributed by atoms with Gasteiger partial charge in [-0.25, -0.2) is 4.98 Å². The Morgan fingerprint density at radius 3 is 2.13 bits per heavy atom. The minimum absolute atomic E-state index is 0.0126. The van der Waals surface area contributed by atoms with Crippen LogP contribution in [0, 0.1) is 0 Å². The Morgan fingerprint density at radius 1 is 0.839 bits per heavy atom. The van der Waals surface area contributed by atoms with Gasteiger partial charge in [0.1, 0.15) is 0 Å². The van der Waals surface area contributed by atoms with Crippen molar-refractivity contribution in [2.45, 2.75) is 101 Å². The third kappa shape index (κ3) is 3.91. The maximum absolute atomic E-state index is 13.2. The van der Waals surface area contributed by atoms with Crippen molar-refractivity contribution >= 4 is 17.0 Å². The summed E-state index contributed by atoms with van der Waals surface area (Å²) in [4.78, 5) is 31.7. The van der Waals surface area contributed by atoms with Crippen LogP contribution in [-0.4, -0.2) is 38.5 Å². The number of piperidine rings is 2. The van der Waals surface area contributed by atoms with E-state index in [2.05, 4.69) is 9.88 Å². The van der Waals surface area contributed by atoms with Gasteiger partial charge in [0.25, 0.3) is 5.56 Å². The van der Waals surface area contributed by atoms with Gasteiger partial charge in [-0.15, -0.1) is 0 Å². The van der Waals surface area contributed by atoms with Gasteiger partial charge >= 0.3 is 0 Å². The Bertz CT molecular complexity index is 995. The van der Waals surface area contributed by atoms with Crippen molar-refractivity contribution in [3.05, 3.63) is 40.3 Å². The number of carboxylic acid groups (broad SMARTS) is 1. The molecule has 2 saturated heterocycles. The lowest BCUT2D eigenvalue weighted by atomic mass is 9.79. The molecule has 1 aliphatic carbocycles. The molecule has 3 atom stereocenters. The normalized spacial score (nSPS) is 28.2. The average Bonchev–Trinajstić information content (AvgIpc) is 2.72. The van der Waals surface area contributed by atoms with E-state index in [1.807, 2.05) is 18.2 Å². The van der Waals surface area contributed by atoms with E-state index in [9.17, 15) is 14.7 Å². The van der Waals surface area contributed by atoms with Gasteiger partial charge in [0.15, 0.2) is 5.69 Å². The van der Waals surface area contributed by atoms with Gasteiger partial charge in [-0.05, 0) is 50.7 Å². The molecule has 1 aromatic carbocycles. The Labute approximate surface area is 183 Å². The summed E-state index contributed by atoms with van der Waals surface area (Å²) < 4.78 is 1.73. The molecule has 1 unspecified atom stereocenters. The molecule has 1 saturated carbocycles. The van der Waals surface area contributed by atoms with Crippen LogP contribution >= 0.6 is 0 Å². The van der Waals surface area contributed by atoms with E-state index in [-0.39, 0.29) is 6.04 Å². The van der Waals surface area contributed by atoms with Crippen molar-refractivity contribution in [3.63, 3.8) is 0 Å². The number of aromatic carboxylic acids is 1. The van der Waals surface area contributed by atoms with Gasteiger partial charge in [0.05, 0.1) is 17.0 Å². The summed E-state index contributed by atoms with van der Waals surface area (Å²) in [5, 5.41) is 11.6. The number of carbonyl (C=O) groups excluding carboxylic acids is 1. The second kappa shape index (κ2) is 8.73. The summed E-state index contributed by atoms with van der Waals surface area (Å²) >= 11 is 0. The van der Waals surface area contributed by atoms with Crippen molar-refractivity contribution in [2.24, 2.45) is 0 Å². The molecule has 0 spiro atoms. The van der Waals surface area contributed by atoms with Crippen LogP contribution in [0.2, 0.25) is 0 Å². The van der Waals surface area contributed by atoms with E-state index in [0.717, 1.165) is 18.4 Å². The minimum Gasteiger partial charge on any atom is -0.543 e. The van der Waals surface area contributed by atoms with Crippen molar-refractivity contribution in [3.8, 4) is 0 Å². The van der Waals surface area contributed by atoms with Crippen molar-refractivity contribution < 1.29 is 9.90 Å². The molecule has 5 rings (SSSR count). The lowest BCUT2D eigenvalue weighted by Gasteiger charge is -2.53. The highest BCUT2D eigenvalue weighted by Gasteiger charge is 2.42. The Kier molecular flexibility index (Phi) is 5.83. The summed E-state index contributed by atoms with van der Waals surface area (Å²) in [7, 11) is 0. The molecule has 6 nitrogen and oxygen atoms in total. The van der Waals surface area contributed by atoms with Crippen LogP contribution in [0.4, 0.5) is 0 Å². The second-order valence-corrected chi connectivity index (χ2v) is 9.72. The first kappa shape index (κ1) is 20.7. The van der Waals surface area contributed by atoms with Crippen LogP contribution in [0.5, 0.6) is 0 Å². The number of carbonyl (C=O) groups is 1. The minimum atomic E-state index is -1.49. The quantitative estimate of drug-likeness (QED) is 0.757. The Balaban J connectivity index is 1.50. The third-order valence-electron chi connectivity index (χ3n) is 7.86. The molecule has 3 heterocycles. The van der Waals surface area contributed by atoms with Crippen molar-refractivity contribution in [1.82, 2.24) is 14.5 Å². The lowest BCUT2D eigenvalue weighted by molar-refractivity contribution is -0.255. The lowest BCUT2D eigenvalue weighted by Crippen LogP contribution is -2.57. The number of benzene rings is 1. The van der Waals surface area contributed by atoms with Crippen LogP contribution in [0.3, 0.4) is 0 Å². The molecule has 31 heavy (non-hydrogen) atoms. The number of rotatable bonds is 3. The van der Waals surface area contributed by atoms with Gasteiger partial charge in [-0.3, -0.25) is 9.69 Å². The standard InChI is InChI=1S/C25H33N3O3/c29-24-23(25(30)31)26-21-13-6-7-14-22(21)28(24)20-15-18-11-8-12-19(16-20)27(18)17-9-4-2-1-3-5-10-17/h6-7,13-14,17-20H,1-5,8-12,15-16H2,(H,30,31)/p-1/t18-,19+,20?. The number of aromatic nitrogens is 2. The van der Waals surface area contributed by atoms with Gasteiger partial charge in [0.2, 0.25) is 0 Å². The van der Waals surface area contributed by atoms with E-state index >= 15 is 0 Å². The summed E-state index contributed by atoms with van der Waals surface area (Å²) in [5.74, 6) is -1.49. The molecule has 0 radical (unpaired) electrons. The molecule has 6 heteroatoms. The molecule has 0 N–H and O–H groups in total. The number of carboxylic acids is 1. The number of nitrogens with zero attached hydrogens (tertiary/aromatic N) is 3. The molecular weight excluding hydrogens is 390 g/mol. The summed E-state index contributed by atoms with van der Waals surface area (Å²) in [6.07, 6.45) is 14.8. The predicted octanol–water partition coefficient (Wildman–Crippen LogP) is 3.43. The highest BCUT2D eigenvalue weighted by atomic mass is 16.4. The zero-order valence-electron chi connectivity index (χ0n) is 18.2. The topological polar surface area (TPSA) is 78.3 Å². The highest BCUT2D eigenvalue weighted by molar-refractivity contribution is 5.86. The second-order valence-electron chi connectivity index (χ2n) is 9.72. The van der Waals surface area contributed by atoms with E-state index < -0.39 is 17.2 Å². The van der Waals surface area contributed by atoms with Crippen molar-refractivity contribution in [1.29, 1.82) is 0 Å². The first-order chi connectivity index (χ1) is 15.1. The molecular formula is C25H32N3O3-. The molecule has 166 valence electrons. The van der Waals surface area contributed by atoms with E-state index in [1.165, 1.54) is 64.2 Å². The van der Waals surface area contributed by atoms with Crippen LogP contribution in [0.1, 0.15) is 93.6 Å². The maximum atomic E-state index is 13.2. The fraction of sp³-hybridized carbons (Fsp3) is 0.640. The molecule has 2 aromatic rings. The number of para-hydroxylation sites is 2. The zero-order chi connectivity index (χ0) is 21.4. The van der Waals surface area contributed by atoms with Gasteiger partial charge in [-0.1, -0.05) is 50.7 Å². The zero-order valence-corrected chi connectivity index (χ0v) is 18.2. The van der Waals surface area contributed by atoms with E-state index in [1.54, 1.807) is 10.6 Å². The predicted molar refractivity (Wildman–Crippen MR) is 118 cm³/mol. The molecule has 2 bridgehead atoms. The maximum Gasteiger partial charge on any atom is 0.279 e. The van der Waals surface area contributed by atoms with Crippen LogP contribution in [0.25, 0.3) is 11.0 Å². The third-order valence-corrected chi connectivity index (χ3v) is 7.86. The largest absolute Gasteiger partial charge is 0.543 e. The molecule has 3 fully saturated rings. The van der Waals surface area contributed by atoms with E-state index in [0.29, 0.717) is 23.6 Å². The molecule has 2 aliphatic heterocycles. The van der Waals surface area contributed by atoms with Gasteiger partial charge in [-0.2, -0.15) is 0 Å². The van der Waals surface area contributed by atoms with Crippen molar-refractivity contribution in [2.75, 3.05) is 0 Å². The first-order valence-corrected chi connectivity index (χ1v) is 12.1. The van der Waals surface area contributed by atoms with Crippen LogP contribution < -0.4 is 10.7 Å². The Morgan fingerprint density at radius 2 is 1.45 bits per heavy atom. The summed E-state index contributed by atoms with van der Waals surface area (Å²) in [5.41, 5.74) is 0.307. The van der Waals surface area contributed by atoms with Gasteiger partial charge < -0.3 is 14.5 Å². The monoisotopic (exact) mass is 422 g/mol.